The van der Waals surface area contributed by atoms with Crippen LogP contribution in [-0.4, -0.2) is 29.2 Å². The molecule has 2 atom stereocenters. The fourth-order valence-electron chi connectivity index (χ4n) is 1.86. The molecule has 114 valence electrons. The Morgan fingerprint density at radius 1 is 1.43 bits per heavy atom. The van der Waals surface area contributed by atoms with E-state index in [2.05, 4.69) is 13.5 Å². The van der Waals surface area contributed by atoms with E-state index in [4.69, 9.17) is 0 Å². The second-order valence-electron chi connectivity index (χ2n) is 4.69. The Bertz CT molecular complexity index is 757. The van der Waals surface area contributed by atoms with Gasteiger partial charge in [0.2, 0.25) is 10.0 Å². The highest BCUT2D eigenvalue weighted by atomic mass is 32.2. The second-order valence-corrected chi connectivity index (χ2v) is 6.90. The molecular weight excluding hydrogens is 314 g/mol. The maximum atomic E-state index is 12.4. The van der Waals surface area contributed by atoms with Crippen molar-refractivity contribution in [2.75, 3.05) is 0 Å². The van der Waals surface area contributed by atoms with Crippen LogP contribution in [0, 0.1) is 5.92 Å². The van der Waals surface area contributed by atoms with Crippen molar-refractivity contribution in [3.05, 3.63) is 18.2 Å². The van der Waals surface area contributed by atoms with Crippen molar-refractivity contribution in [3.8, 4) is 0 Å². The van der Waals surface area contributed by atoms with Crippen molar-refractivity contribution in [2.24, 2.45) is 5.92 Å². The molecule has 1 aromatic heterocycles. The lowest BCUT2D eigenvalue weighted by molar-refractivity contribution is -0.309. The number of aromatic nitrogens is 2. The van der Waals surface area contributed by atoms with Crippen LogP contribution in [0.3, 0.4) is 0 Å². The van der Waals surface area contributed by atoms with Gasteiger partial charge in [0, 0.05) is 0 Å². The van der Waals surface area contributed by atoms with Crippen molar-refractivity contribution in [2.45, 2.75) is 31.2 Å². The topological polar surface area (TPSA) is 112 Å². The van der Waals surface area contributed by atoms with E-state index >= 15 is 0 Å². The van der Waals surface area contributed by atoms with Gasteiger partial charge >= 0.3 is 0 Å². The molecule has 0 aliphatic heterocycles. The molecule has 7 nitrogen and oxygen atoms in total. The highest BCUT2D eigenvalue weighted by molar-refractivity contribution is 7.89. The zero-order valence-electron chi connectivity index (χ0n) is 11.4. The molecule has 2 rings (SSSR count). The van der Waals surface area contributed by atoms with E-state index < -0.39 is 28.0 Å². The molecule has 0 aliphatic rings. The van der Waals surface area contributed by atoms with E-state index in [1.54, 1.807) is 19.9 Å². The molecule has 2 aromatic rings. The number of sulfonamides is 1. The third kappa shape index (κ3) is 3.20. The van der Waals surface area contributed by atoms with Gasteiger partial charge in [0.25, 0.3) is 0 Å². The van der Waals surface area contributed by atoms with Crippen LogP contribution in [0.4, 0.5) is 0 Å². The van der Waals surface area contributed by atoms with Crippen LogP contribution >= 0.6 is 11.7 Å². The Morgan fingerprint density at radius 3 is 2.76 bits per heavy atom. The summed E-state index contributed by atoms with van der Waals surface area (Å²) in [5.74, 6) is -1.84. The van der Waals surface area contributed by atoms with Crippen LogP contribution < -0.4 is 9.83 Å². The van der Waals surface area contributed by atoms with Crippen molar-refractivity contribution in [3.63, 3.8) is 0 Å². The summed E-state index contributed by atoms with van der Waals surface area (Å²) in [6.45, 7) is 3.42. The summed E-state index contributed by atoms with van der Waals surface area (Å²) in [4.78, 5) is 11.1. The molecule has 0 radical (unpaired) electrons. The Morgan fingerprint density at radius 2 is 2.14 bits per heavy atom. The number of carbonyl (C=O) groups is 1. The van der Waals surface area contributed by atoms with Gasteiger partial charge in [-0.1, -0.05) is 26.3 Å². The van der Waals surface area contributed by atoms with Gasteiger partial charge in [0.05, 0.1) is 23.7 Å². The Hall–Kier alpha value is -1.58. The minimum absolute atomic E-state index is 0.0803. The summed E-state index contributed by atoms with van der Waals surface area (Å²) < 4.78 is 34.9. The van der Waals surface area contributed by atoms with Gasteiger partial charge in [0.15, 0.2) is 0 Å². The number of benzene rings is 1. The lowest BCUT2D eigenvalue weighted by atomic mass is 10.0. The molecule has 1 heterocycles. The first kappa shape index (κ1) is 15.8. The van der Waals surface area contributed by atoms with Crippen molar-refractivity contribution in [1.82, 2.24) is 13.5 Å². The molecule has 0 bridgehead atoms. The predicted molar refractivity (Wildman–Crippen MR) is 76.0 cm³/mol. The van der Waals surface area contributed by atoms with Gasteiger partial charge in [-0.25, -0.2) is 13.1 Å². The predicted octanol–water partition coefficient (Wildman–Crippen LogP) is 0.134. The maximum Gasteiger partial charge on any atom is 0.243 e. The summed E-state index contributed by atoms with van der Waals surface area (Å²) in [7, 11) is -4.02. The van der Waals surface area contributed by atoms with Crippen molar-refractivity contribution < 1.29 is 18.3 Å². The summed E-state index contributed by atoms with van der Waals surface area (Å²) in [6.07, 6.45) is 0.504. The summed E-state index contributed by atoms with van der Waals surface area (Å²) >= 11 is 0.898. The SMILES string of the molecule is CC[C@@H](C)[C@@H](NS(=O)(=O)c1cccc2nsnc12)C(=O)[O-]. The molecular formula is C12H14N3O4S2-. The highest BCUT2D eigenvalue weighted by Crippen LogP contribution is 2.22. The lowest BCUT2D eigenvalue weighted by Gasteiger charge is -2.24. The number of hydrogen-bond acceptors (Lipinski definition) is 7. The Balaban J connectivity index is 2.42. The van der Waals surface area contributed by atoms with E-state index in [-0.39, 0.29) is 10.4 Å². The van der Waals surface area contributed by atoms with E-state index in [0.29, 0.717) is 11.9 Å². The highest BCUT2D eigenvalue weighted by Gasteiger charge is 2.26. The number of aliphatic carboxylic acids is 1. The molecule has 1 N–H and O–H groups in total. The Labute approximate surface area is 126 Å². The smallest absolute Gasteiger partial charge is 0.243 e. The van der Waals surface area contributed by atoms with E-state index in [9.17, 15) is 18.3 Å². The van der Waals surface area contributed by atoms with Crippen LogP contribution in [0.25, 0.3) is 11.0 Å². The molecule has 0 fully saturated rings. The fraction of sp³-hybridized carbons (Fsp3) is 0.417. The van der Waals surface area contributed by atoms with Gasteiger partial charge in [-0.15, -0.1) is 0 Å². The number of carboxylic acids is 1. The molecule has 1 aromatic carbocycles. The van der Waals surface area contributed by atoms with Crippen molar-refractivity contribution in [1.29, 1.82) is 0 Å². The summed E-state index contributed by atoms with van der Waals surface area (Å²) in [5, 5.41) is 11.2. The molecule has 0 saturated carbocycles. The van der Waals surface area contributed by atoms with Crippen LogP contribution in [0.5, 0.6) is 0 Å². The first-order valence-corrected chi connectivity index (χ1v) is 8.52. The molecule has 0 spiro atoms. The van der Waals surface area contributed by atoms with Crippen molar-refractivity contribution >= 4 is 38.8 Å². The molecule has 21 heavy (non-hydrogen) atoms. The number of nitrogens with zero attached hydrogens (tertiary/aromatic N) is 2. The van der Waals surface area contributed by atoms with Gasteiger partial charge < -0.3 is 9.90 Å². The first-order chi connectivity index (χ1) is 9.86. The Kier molecular flexibility index (Phi) is 4.55. The number of hydrogen-bond donors (Lipinski definition) is 1. The number of fused-ring (bicyclic) bond motifs is 1. The van der Waals surface area contributed by atoms with Crippen LogP contribution in [-0.2, 0) is 14.8 Å². The molecule has 0 unspecified atom stereocenters. The monoisotopic (exact) mass is 328 g/mol. The average Bonchev–Trinajstić information content (AvgIpc) is 2.91. The van der Waals surface area contributed by atoms with Gasteiger partial charge in [-0.3, -0.25) is 0 Å². The van der Waals surface area contributed by atoms with Gasteiger partial charge in [0.1, 0.15) is 15.9 Å². The fourth-order valence-corrected chi connectivity index (χ4v) is 3.92. The standard InChI is InChI=1S/C12H15N3O4S2/c1-3-7(2)10(12(16)17)15-21(18,19)9-6-4-5-8-11(9)14-20-13-8/h4-7,10,15H,3H2,1-2H3,(H,16,17)/p-1/t7-,10-/m1/s1. The van der Waals surface area contributed by atoms with E-state index in [1.807, 2.05) is 0 Å². The van der Waals surface area contributed by atoms with Crippen LogP contribution in [0.1, 0.15) is 20.3 Å². The van der Waals surface area contributed by atoms with Crippen LogP contribution in [0.15, 0.2) is 23.1 Å². The zero-order chi connectivity index (χ0) is 15.6. The quantitative estimate of drug-likeness (QED) is 0.807. The van der Waals surface area contributed by atoms with E-state index in [1.165, 1.54) is 12.1 Å². The average molecular weight is 328 g/mol. The third-order valence-corrected chi connectivity index (χ3v) is 5.30. The third-order valence-electron chi connectivity index (χ3n) is 3.29. The summed E-state index contributed by atoms with van der Waals surface area (Å²) in [5.41, 5.74) is 0.688. The molecule has 0 saturated heterocycles. The minimum Gasteiger partial charge on any atom is -0.548 e. The number of rotatable bonds is 6. The lowest BCUT2D eigenvalue weighted by Crippen LogP contribution is -2.51. The second kappa shape index (κ2) is 6.04. The van der Waals surface area contributed by atoms with E-state index in [0.717, 1.165) is 11.7 Å². The summed E-state index contributed by atoms with van der Waals surface area (Å²) in [6, 6.07) is 3.26. The largest absolute Gasteiger partial charge is 0.548 e. The number of carbonyl (C=O) groups excluding carboxylic acids is 1. The molecule has 9 heteroatoms. The number of nitrogens with one attached hydrogen (secondary N) is 1. The molecule has 0 aliphatic carbocycles. The van der Waals surface area contributed by atoms with Crippen LogP contribution in [0.2, 0.25) is 0 Å². The maximum absolute atomic E-state index is 12.4. The zero-order valence-corrected chi connectivity index (χ0v) is 13.1. The first-order valence-electron chi connectivity index (χ1n) is 6.31. The normalized spacial score (nSPS) is 15.0. The van der Waals surface area contributed by atoms with Gasteiger partial charge in [-0.2, -0.15) is 8.75 Å². The number of carboxylic acid groups (broad SMARTS) is 1. The van der Waals surface area contributed by atoms with Gasteiger partial charge in [-0.05, 0) is 18.1 Å². The molecule has 0 amide bonds. The minimum atomic E-state index is -4.02.